The Morgan fingerprint density at radius 3 is 3.09 bits per heavy atom. The zero-order valence-corrected chi connectivity index (χ0v) is 12.4. The Labute approximate surface area is 131 Å². The molecule has 0 unspecified atom stereocenters. The number of carbonyl (C=O) groups is 1. The molecule has 116 valence electrons. The van der Waals surface area contributed by atoms with Crippen LogP contribution in [0.15, 0.2) is 30.6 Å². The Kier molecular flexibility index (Phi) is 3.07. The molecule has 0 fully saturated rings. The number of nitrogens with zero attached hydrogens (tertiary/aromatic N) is 4. The predicted molar refractivity (Wildman–Crippen MR) is 80.9 cm³/mol. The quantitative estimate of drug-likeness (QED) is 0.735. The van der Waals surface area contributed by atoms with E-state index in [9.17, 15) is 4.79 Å². The van der Waals surface area contributed by atoms with Crippen LogP contribution >= 0.6 is 0 Å². The van der Waals surface area contributed by atoms with Crippen molar-refractivity contribution in [1.82, 2.24) is 30.0 Å². The van der Waals surface area contributed by atoms with Gasteiger partial charge in [0.05, 0.1) is 12.9 Å². The highest BCUT2D eigenvalue weighted by Gasteiger charge is 2.24. The van der Waals surface area contributed by atoms with Gasteiger partial charge in [0.25, 0.3) is 5.91 Å². The molecule has 2 aromatic heterocycles. The molecule has 2 N–H and O–H groups in total. The fraction of sp³-hybridized carbons (Fsp3) is 0.200. The molecule has 4 rings (SSSR count). The van der Waals surface area contributed by atoms with E-state index in [0.29, 0.717) is 36.2 Å². The van der Waals surface area contributed by atoms with E-state index in [-0.39, 0.29) is 5.91 Å². The van der Waals surface area contributed by atoms with Gasteiger partial charge in [-0.25, -0.2) is 4.98 Å². The third kappa shape index (κ3) is 2.15. The number of nitrogens with one attached hydrogen (secondary N) is 2. The largest absolute Gasteiger partial charge is 0.485 e. The summed E-state index contributed by atoms with van der Waals surface area (Å²) in [5, 5.41) is 11.0. The lowest BCUT2D eigenvalue weighted by molar-refractivity contribution is 0.0959. The number of aromatic nitrogens is 5. The molecular weight excluding hydrogens is 296 g/mol. The minimum Gasteiger partial charge on any atom is -0.485 e. The number of carbonyl (C=O) groups excluding carboxylic acids is 1. The number of amides is 1. The molecule has 1 aliphatic rings. The number of hydrogen-bond donors (Lipinski definition) is 2. The molecule has 1 aromatic carbocycles. The van der Waals surface area contributed by atoms with Gasteiger partial charge in [0, 0.05) is 12.6 Å². The van der Waals surface area contributed by atoms with Gasteiger partial charge in [0.15, 0.2) is 11.6 Å². The number of para-hydroxylation sites is 1. The van der Waals surface area contributed by atoms with Crippen molar-refractivity contribution >= 4 is 5.91 Å². The summed E-state index contributed by atoms with van der Waals surface area (Å²) in [5.74, 6) is 1.82. The summed E-state index contributed by atoms with van der Waals surface area (Å²) in [6.07, 6.45) is 1.47. The van der Waals surface area contributed by atoms with Crippen LogP contribution in [0.4, 0.5) is 0 Å². The van der Waals surface area contributed by atoms with Crippen LogP contribution in [0, 0.1) is 0 Å². The summed E-state index contributed by atoms with van der Waals surface area (Å²) >= 11 is 0. The average Bonchev–Trinajstić information content (AvgIpc) is 3.16. The summed E-state index contributed by atoms with van der Waals surface area (Å²) in [6, 6.07) is 7.82. The van der Waals surface area contributed by atoms with Crippen LogP contribution in [0.25, 0.3) is 11.5 Å². The van der Waals surface area contributed by atoms with Crippen molar-refractivity contribution in [2.45, 2.75) is 13.2 Å². The van der Waals surface area contributed by atoms with Gasteiger partial charge in [-0.05, 0) is 6.07 Å². The lowest BCUT2D eigenvalue weighted by Crippen LogP contribution is -2.19. The number of rotatable bonds is 2. The molecular formula is C15H14N6O2. The first-order valence-electron chi connectivity index (χ1n) is 7.16. The van der Waals surface area contributed by atoms with Gasteiger partial charge in [-0.3, -0.25) is 4.79 Å². The summed E-state index contributed by atoms with van der Waals surface area (Å²) in [4.78, 5) is 19.1. The molecule has 0 aliphatic carbocycles. The van der Waals surface area contributed by atoms with E-state index in [1.165, 1.54) is 6.33 Å². The van der Waals surface area contributed by atoms with Crippen LogP contribution in [0.2, 0.25) is 0 Å². The number of imidazole rings is 1. The van der Waals surface area contributed by atoms with Crippen molar-refractivity contribution in [3.63, 3.8) is 0 Å². The van der Waals surface area contributed by atoms with Crippen molar-refractivity contribution in [2.24, 2.45) is 0 Å². The molecule has 3 heterocycles. The highest BCUT2D eigenvalue weighted by molar-refractivity contribution is 5.97. The molecule has 1 aliphatic heterocycles. The van der Waals surface area contributed by atoms with Crippen LogP contribution < -0.4 is 10.1 Å². The zero-order valence-electron chi connectivity index (χ0n) is 12.4. The smallest absolute Gasteiger partial charge is 0.269 e. The molecule has 1 amide bonds. The average molecular weight is 310 g/mol. The molecule has 0 spiro atoms. The monoisotopic (exact) mass is 310 g/mol. The third-order valence-electron chi connectivity index (χ3n) is 3.79. The lowest BCUT2D eigenvalue weighted by Gasteiger charge is -2.07. The standard InChI is InChI=1S/C15H14N6O2/c1-16-15(22)13-12(17-8-18-13)14-20-19-11-7-23-10-5-3-2-4-9(10)6-21(11)14/h2-5,8H,6-7H2,1H3,(H,16,22)(H,17,18). The summed E-state index contributed by atoms with van der Waals surface area (Å²) in [5.41, 5.74) is 1.87. The Hall–Kier alpha value is -3.16. The van der Waals surface area contributed by atoms with Crippen LogP contribution in [0.5, 0.6) is 5.75 Å². The van der Waals surface area contributed by atoms with Crippen LogP contribution in [-0.2, 0) is 13.2 Å². The second kappa shape index (κ2) is 5.24. The maximum absolute atomic E-state index is 12.0. The molecule has 0 saturated heterocycles. The minimum absolute atomic E-state index is 0.250. The fourth-order valence-electron chi connectivity index (χ4n) is 2.63. The zero-order chi connectivity index (χ0) is 15.8. The Bertz CT molecular complexity index is 882. The lowest BCUT2D eigenvalue weighted by atomic mass is 10.2. The van der Waals surface area contributed by atoms with Crippen molar-refractivity contribution < 1.29 is 9.53 Å². The summed E-state index contributed by atoms with van der Waals surface area (Å²) in [6.45, 7) is 0.887. The van der Waals surface area contributed by atoms with Crippen molar-refractivity contribution in [2.75, 3.05) is 7.05 Å². The van der Waals surface area contributed by atoms with Crippen LogP contribution in [0.1, 0.15) is 21.9 Å². The molecule has 0 saturated carbocycles. The van der Waals surface area contributed by atoms with Crippen molar-refractivity contribution in [3.8, 4) is 17.3 Å². The first-order valence-corrected chi connectivity index (χ1v) is 7.16. The SMILES string of the molecule is CNC(=O)c1[nH]cnc1-c1nnc2n1Cc1ccccc1OC2. The first-order chi connectivity index (χ1) is 11.3. The van der Waals surface area contributed by atoms with Gasteiger partial charge < -0.3 is 19.6 Å². The molecule has 0 radical (unpaired) electrons. The topological polar surface area (TPSA) is 97.7 Å². The number of benzene rings is 1. The van der Waals surface area contributed by atoms with E-state index in [4.69, 9.17) is 4.74 Å². The highest BCUT2D eigenvalue weighted by atomic mass is 16.5. The number of hydrogen-bond acceptors (Lipinski definition) is 5. The Morgan fingerprint density at radius 2 is 2.22 bits per heavy atom. The van der Waals surface area contributed by atoms with Gasteiger partial charge >= 0.3 is 0 Å². The van der Waals surface area contributed by atoms with E-state index >= 15 is 0 Å². The van der Waals surface area contributed by atoms with Crippen LogP contribution in [0.3, 0.4) is 0 Å². The third-order valence-corrected chi connectivity index (χ3v) is 3.79. The van der Waals surface area contributed by atoms with Gasteiger partial charge in [-0.1, -0.05) is 18.2 Å². The molecule has 3 aromatic rings. The van der Waals surface area contributed by atoms with E-state index in [1.807, 2.05) is 28.8 Å². The second-order valence-corrected chi connectivity index (χ2v) is 5.13. The first kappa shape index (κ1) is 13.5. The predicted octanol–water partition coefficient (Wildman–Crippen LogP) is 0.968. The maximum Gasteiger partial charge on any atom is 0.269 e. The van der Waals surface area contributed by atoms with Crippen LogP contribution in [-0.4, -0.2) is 37.7 Å². The number of H-pyrrole nitrogens is 1. The number of ether oxygens (including phenoxy) is 1. The maximum atomic E-state index is 12.0. The van der Waals surface area contributed by atoms with E-state index < -0.39 is 0 Å². The summed E-state index contributed by atoms with van der Waals surface area (Å²) < 4.78 is 7.70. The van der Waals surface area contributed by atoms with Crippen molar-refractivity contribution in [1.29, 1.82) is 0 Å². The highest BCUT2D eigenvalue weighted by Crippen LogP contribution is 2.28. The number of fused-ring (bicyclic) bond motifs is 2. The fourth-order valence-corrected chi connectivity index (χ4v) is 2.63. The molecule has 8 heteroatoms. The Morgan fingerprint density at radius 1 is 1.35 bits per heavy atom. The molecule has 0 bridgehead atoms. The van der Waals surface area contributed by atoms with Crippen molar-refractivity contribution in [3.05, 3.63) is 47.7 Å². The van der Waals surface area contributed by atoms with Gasteiger partial charge in [-0.15, -0.1) is 10.2 Å². The minimum atomic E-state index is -0.250. The van der Waals surface area contributed by atoms with Gasteiger partial charge in [-0.2, -0.15) is 0 Å². The van der Waals surface area contributed by atoms with Gasteiger partial charge in [0.1, 0.15) is 23.7 Å². The normalized spacial score (nSPS) is 12.7. The molecule has 23 heavy (non-hydrogen) atoms. The molecule has 8 nitrogen and oxygen atoms in total. The van der Waals surface area contributed by atoms with E-state index in [2.05, 4.69) is 25.5 Å². The van der Waals surface area contributed by atoms with E-state index in [0.717, 1.165) is 11.3 Å². The summed E-state index contributed by atoms with van der Waals surface area (Å²) in [7, 11) is 1.57. The second-order valence-electron chi connectivity index (χ2n) is 5.13. The van der Waals surface area contributed by atoms with E-state index in [1.54, 1.807) is 7.05 Å². The Balaban J connectivity index is 1.82. The molecule has 0 atom stereocenters. The van der Waals surface area contributed by atoms with Gasteiger partial charge in [0.2, 0.25) is 0 Å². The number of aromatic amines is 1.